The summed E-state index contributed by atoms with van der Waals surface area (Å²) in [5.41, 5.74) is -0.0223. The number of nitrogens with one attached hydrogen (secondary N) is 1. The van der Waals surface area contributed by atoms with Crippen molar-refractivity contribution in [3.05, 3.63) is 44.2 Å². The Hall–Kier alpha value is -1.14. The van der Waals surface area contributed by atoms with E-state index in [9.17, 15) is 4.79 Å². The first-order valence-electron chi connectivity index (χ1n) is 5.24. The first kappa shape index (κ1) is 12.3. The molecule has 0 radical (unpaired) electrons. The largest absolute Gasteiger partial charge is 0.362 e. The van der Waals surface area contributed by atoms with Crippen molar-refractivity contribution in [2.45, 2.75) is 13.5 Å². The molecule has 2 rings (SSSR count). The second kappa shape index (κ2) is 5.46. The third kappa shape index (κ3) is 2.95. The monoisotopic (exact) mass is 313 g/mol. The van der Waals surface area contributed by atoms with Gasteiger partial charge in [0.05, 0.1) is 11.0 Å². The molecule has 0 saturated carbocycles. The number of hydrogen-bond acceptors (Lipinski definition) is 4. The minimum Gasteiger partial charge on any atom is -0.362 e. The minimum atomic E-state index is -0.0223. The smallest absolute Gasteiger partial charge is 0.265 e. The minimum absolute atomic E-state index is 0.0223. The van der Waals surface area contributed by atoms with Crippen molar-refractivity contribution in [3.8, 4) is 0 Å². The fraction of sp³-hybridized carbons (Fsp3) is 0.273. The van der Waals surface area contributed by atoms with Crippen LogP contribution in [0, 0.1) is 0 Å². The first-order chi connectivity index (χ1) is 8.20. The van der Waals surface area contributed by atoms with Crippen molar-refractivity contribution >= 4 is 32.4 Å². The van der Waals surface area contributed by atoms with Crippen molar-refractivity contribution in [1.29, 1.82) is 0 Å². The topological polar surface area (TPSA) is 46.9 Å². The fourth-order valence-electron chi connectivity index (χ4n) is 1.41. The standard InChI is InChI=1S/C11H12BrN3OS/c1-2-13-11-14-6-8(17-11)7-15-5-3-4-9(12)10(15)16/h3-6H,2,7H2,1H3,(H,13,14). The Bertz CT molecular complexity index is 564. The van der Waals surface area contributed by atoms with Gasteiger partial charge < -0.3 is 9.88 Å². The van der Waals surface area contributed by atoms with Crippen LogP contribution >= 0.6 is 27.3 Å². The number of hydrogen-bond donors (Lipinski definition) is 1. The fourth-order valence-corrected chi connectivity index (χ4v) is 2.67. The highest BCUT2D eigenvalue weighted by Gasteiger charge is 2.04. The highest BCUT2D eigenvalue weighted by atomic mass is 79.9. The Morgan fingerprint density at radius 2 is 2.41 bits per heavy atom. The predicted octanol–water partition coefficient (Wildman–Crippen LogP) is 2.55. The normalized spacial score (nSPS) is 10.5. The lowest BCUT2D eigenvalue weighted by Crippen LogP contribution is -2.19. The van der Waals surface area contributed by atoms with E-state index in [1.54, 1.807) is 34.4 Å². The second-order valence-electron chi connectivity index (χ2n) is 3.45. The summed E-state index contributed by atoms with van der Waals surface area (Å²) in [6.07, 6.45) is 3.58. The van der Waals surface area contributed by atoms with E-state index < -0.39 is 0 Å². The second-order valence-corrected chi connectivity index (χ2v) is 5.42. The molecule has 0 amide bonds. The number of nitrogens with zero attached hydrogens (tertiary/aromatic N) is 2. The van der Waals surface area contributed by atoms with E-state index in [1.165, 1.54) is 0 Å². The number of halogens is 1. The molecule has 0 atom stereocenters. The van der Waals surface area contributed by atoms with Crippen molar-refractivity contribution in [1.82, 2.24) is 9.55 Å². The van der Waals surface area contributed by atoms with Crippen LogP contribution in [-0.2, 0) is 6.54 Å². The van der Waals surface area contributed by atoms with Gasteiger partial charge in [0.25, 0.3) is 5.56 Å². The Morgan fingerprint density at radius 1 is 1.59 bits per heavy atom. The lowest BCUT2D eigenvalue weighted by molar-refractivity contribution is 0.764. The number of rotatable bonds is 4. The van der Waals surface area contributed by atoms with Crippen LogP contribution < -0.4 is 10.9 Å². The molecule has 2 aromatic rings. The third-order valence-electron chi connectivity index (χ3n) is 2.18. The summed E-state index contributed by atoms with van der Waals surface area (Å²) in [5.74, 6) is 0. The van der Waals surface area contributed by atoms with Crippen molar-refractivity contribution < 1.29 is 0 Å². The molecule has 2 heterocycles. The molecule has 0 fully saturated rings. The quantitative estimate of drug-likeness (QED) is 0.943. The van der Waals surface area contributed by atoms with Gasteiger partial charge in [-0.15, -0.1) is 11.3 Å². The van der Waals surface area contributed by atoms with Crippen LogP contribution in [0.1, 0.15) is 11.8 Å². The van der Waals surface area contributed by atoms with Crippen LogP contribution in [0.15, 0.2) is 33.8 Å². The van der Waals surface area contributed by atoms with Crippen molar-refractivity contribution in [2.75, 3.05) is 11.9 Å². The van der Waals surface area contributed by atoms with E-state index in [0.717, 1.165) is 16.6 Å². The molecule has 90 valence electrons. The van der Waals surface area contributed by atoms with Gasteiger partial charge in [-0.25, -0.2) is 4.98 Å². The summed E-state index contributed by atoms with van der Waals surface area (Å²) >= 11 is 4.80. The molecule has 0 aliphatic carbocycles. The highest BCUT2D eigenvalue weighted by Crippen LogP contribution is 2.18. The molecule has 0 unspecified atom stereocenters. The van der Waals surface area contributed by atoms with Crippen molar-refractivity contribution in [2.24, 2.45) is 0 Å². The number of thiazole rings is 1. The van der Waals surface area contributed by atoms with Crippen molar-refractivity contribution in [3.63, 3.8) is 0 Å². The average Bonchev–Trinajstić information content (AvgIpc) is 2.73. The van der Waals surface area contributed by atoms with E-state index in [4.69, 9.17) is 0 Å². The summed E-state index contributed by atoms with van der Waals surface area (Å²) in [6, 6.07) is 3.59. The van der Waals surface area contributed by atoms with Crippen LogP contribution in [0.5, 0.6) is 0 Å². The van der Waals surface area contributed by atoms with Gasteiger partial charge in [0, 0.05) is 23.8 Å². The number of pyridine rings is 1. The first-order valence-corrected chi connectivity index (χ1v) is 6.85. The van der Waals surface area contributed by atoms with Gasteiger partial charge in [-0.1, -0.05) is 0 Å². The average molecular weight is 314 g/mol. The Balaban J connectivity index is 2.19. The van der Waals surface area contributed by atoms with Gasteiger partial charge in [0.15, 0.2) is 5.13 Å². The highest BCUT2D eigenvalue weighted by molar-refractivity contribution is 9.10. The zero-order valence-corrected chi connectivity index (χ0v) is 11.7. The molecular weight excluding hydrogens is 302 g/mol. The van der Waals surface area contributed by atoms with E-state index in [1.807, 2.05) is 13.0 Å². The molecule has 0 bridgehead atoms. The molecule has 6 heteroatoms. The molecule has 17 heavy (non-hydrogen) atoms. The van der Waals surface area contributed by atoms with Crippen LogP contribution in [-0.4, -0.2) is 16.1 Å². The maximum absolute atomic E-state index is 11.8. The van der Waals surface area contributed by atoms with Gasteiger partial charge in [-0.3, -0.25) is 4.79 Å². The SMILES string of the molecule is CCNc1ncc(Cn2cccc(Br)c2=O)s1. The van der Waals surface area contributed by atoms with E-state index in [2.05, 4.69) is 26.2 Å². The van der Waals surface area contributed by atoms with E-state index in [0.29, 0.717) is 11.0 Å². The van der Waals surface area contributed by atoms with Crippen LogP contribution in [0.4, 0.5) is 5.13 Å². The summed E-state index contributed by atoms with van der Waals surface area (Å²) in [6.45, 7) is 3.44. The van der Waals surface area contributed by atoms with Gasteiger partial charge in [-0.2, -0.15) is 0 Å². The van der Waals surface area contributed by atoms with Gasteiger partial charge in [0.2, 0.25) is 0 Å². The van der Waals surface area contributed by atoms with Gasteiger partial charge in [-0.05, 0) is 35.0 Å². The molecule has 0 saturated heterocycles. The Kier molecular flexibility index (Phi) is 3.96. The van der Waals surface area contributed by atoms with Crippen LogP contribution in [0.2, 0.25) is 0 Å². The number of anilines is 1. The summed E-state index contributed by atoms with van der Waals surface area (Å²) in [4.78, 5) is 17.1. The molecule has 2 aromatic heterocycles. The molecule has 0 aliphatic rings. The van der Waals surface area contributed by atoms with Gasteiger partial charge in [0.1, 0.15) is 0 Å². The Labute approximate surface area is 111 Å². The van der Waals surface area contributed by atoms with Crippen LogP contribution in [0.25, 0.3) is 0 Å². The predicted molar refractivity (Wildman–Crippen MR) is 73.8 cm³/mol. The molecule has 0 aromatic carbocycles. The lowest BCUT2D eigenvalue weighted by Gasteiger charge is -2.02. The summed E-state index contributed by atoms with van der Waals surface area (Å²) < 4.78 is 2.24. The van der Waals surface area contributed by atoms with E-state index >= 15 is 0 Å². The molecule has 1 N–H and O–H groups in total. The zero-order valence-electron chi connectivity index (χ0n) is 9.31. The molecule has 4 nitrogen and oxygen atoms in total. The maximum atomic E-state index is 11.8. The van der Waals surface area contributed by atoms with Crippen LogP contribution in [0.3, 0.4) is 0 Å². The third-order valence-corrected chi connectivity index (χ3v) is 3.72. The van der Waals surface area contributed by atoms with Gasteiger partial charge >= 0.3 is 0 Å². The van der Waals surface area contributed by atoms with E-state index in [-0.39, 0.29) is 5.56 Å². The number of aromatic nitrogens is 2. The maximum Gasteiger partial charge on any atom is 0.265 e. The molecule has 0 aliphatic heterocycles. The lowest BCUT2D eigenvalue weighted by atomic mass is 10.4. The summed E-state index contributed by atoms with van der Waals surface area (Å²) in [7, 11) is 0. The molecule has 0 spiro atoms. The Morgan fingerprint density at radius 3 is 3.18 bits per heavy atom. The summed E-state index contributed by atoms with van der Waals surface area (Å²) in [5, 5.41) is 4.04. The molecular formula is C11H12BrN3OS. The zero-order chi connectivity index (χ0) is 12.3.